The monoisotopic (exact) mass is 466 g/mol. The SMILES string of the molecule is COc1ccc(-c2nc(SCC(=O)Nc3nccs3)c(-c3ccc(C)cc3)[nH]2)cc1OC. The van der Waals surface area contributed by atoms with E-state index in [9.17, 15) is 4.79 Å². The summed E-state index contributed by atoms with van der Waals surface area (Å²) in [6.07, 6.45) is 1.66. The Hall–Kier alpha value is -3.30. The molecule has 32 heavy (non-hydrogen) atoms. The van der Waals surface area contributed by atoms with Crippen LogP contribution >= 0.6 is 23.1 Å². The van der Waals surface area contributed by atoms with Gasteiger partial charge in [-0.05, 0) is 25.1 Å². The van der Waals surface area contributed by atoms with E-state index in [0.717, 1.165) is 21.8 Å². The van der Waals surface area contributed by atoms with Crippen molar-refractivity contribution in [3.63, 3.8) is 0 Å². The number of anilines is 1. The number of amides is 1. The van der Waals surface area contributed by atoms with Gasteiger partial charge in [-0.15, -0.1) is 11.3 Å². The molecule has 7 nitrogen and oxygen atoms in total. The molecule has 2 aromatic carbocycles. The van der Waals surface area contributed by atoms with Gasteiger partial charge >= 0.3 is 0 Å². The largest absolute Gasteiger partial charge is 0.493 e. The highest BCUT2D eigenvalue weighted by Gasteiger charge is 2.17. The number of carbonyl (C=O) groups excluding carboxylic acids is 1. The molecule has 0 fully saturated rings. The van der Waals surface area contributed by atoms with Crippen LogP contribution in [0.5, 0.6) is 11.5 Å². The zero-order valence-electron chi connectivity index (χ0n) is 17.8. The van der Waals surface area contributed by atoms with Crippen molar-refractivity contribution < 1.29 is 14.3 Å². The molecule has 1 amide bonds. The van der Waals surface area contributed by atoms with Crippen LogP contribution in [0.4, 0.5) is 5.13 Å². The molecule has 2 aromatic heterocycles. The highest BCUT2D eigenvalue weighted by molar-refractivity contribution is 8.00. The molecule has 0 saturated carbocycles. The van der Waals surface area contributed by atoms with Crippen molar-refractivity contribution in [2.75, 3.05) is 25.3 Å². The fraction of sp³-hybridized carbons (Fsp3) is 0.174. The molecule has 0 unspecified atom stereocenters. The third-order valence-corrected chi connectivity index (χ3v) is 6.35. The van der Waals surface area contributed by atoms with Crippen molar-refractivity contribution in [1.29, 1.82) is 0 Å². The predicted molar refractivity (Wildman–Crippen MR) is 129 cm³/mol. The van der Waals surface area contributed by atoms with Crippen LogP contribution < -0.4 is 14.8 Å². The number of carbonyl (C=O) groups is 1. The number of benzene rings is 2. The van der Waals surface area contributed by atoms with Gasteiger partial charge in [0.1, 0.15) is 10.9 Å². The highest BCUT2D eigenvalue weighted by atomic mass is 32.2. The molecule has 0 aliphatic heterocycles. The van der Waals surface area contributed by atoms with E-state index in [0.29, 0.717) is 22.5 Å². The number of nitrogens with zero attached hydrogens (tertiary/aromatic N) is 2. The number of hydrogen-bond donors (Lipinski definition) is 2. The first-order chi connectivity index (χ1) is 15.6. The molecule has 9 heteroatoms. The lowest BCUT2D eigenvalue weighted by molar-refractivity contribution is -0.113. The molecule has 4 aromatic rings. The van der Waals surface area contributed by atoms with E-state index in [1.165, 1.54) is 28.7 Å². The smallest absolute Gasteiger partial charge is 0.236 e. The standard InChI is InChI=1S/C23H22N4O3S2/c1-14-4-6-15(7-5-14)20-22(32-13-19(28)25-23-24-10-11-31-23)27-21(26-20)16-8-9-17(29-2)18(12-16)30-3/h4-12H,13H2,1-3H3,(H,26,27)(H,24,25,28). The second-order valence-electron chi connectivity index (χ2n) is 6.88. The summed E-state index contributed by atoms with van der Waals surface area (Å²) >= 11 is 2.76. The van der Waals surface area contributed by atoms with E-state index in [2.05, 4.69) is 27.4 Å². The number of ether oxygens (including phenoxy) is 2. The number of H-pyrrole nitrogens is 1. The van der Waals surface area contributed by atoms with Gasteiger partial charge in [0.2, 0.25) is 5.91 Å². The first-order valence-corrected chi connectivity index (χ1v) is 11.7. The maximum Gasteiger partial charge on any atom is 0.236 e. The van der Waals surface area contributed by atoms with Crippen molar-refractivity contribution in [1.82, 2.24) is 15.0 Å². The number of rotatable bonds is 8. The molecule has 0 radical (unpaired) electrons. The fourth-order valence-corrected chi connectivity index (χ4v) is 4.43. The fourth-order valence-electron chi connectivity index (χ4n) is 3.07. The zero-order chi connectivity index (χ0) is 22.5. The van der Waals surface area contributed by atoms with E-state index in [-0.39, 0.29) is 11.7 Å². The second-order valence-corrected chi connectivity index (χ2v) is 8.73. The summed E-state index contributed by atoms with van der Waals surface area (Å²) in [6, 6.07) is 13.8. The third kappa shape index (κ3) is 4.95. The lowest BCUT2D eigenvalue weighted by atomic mass is 10.1. The van der Waals surface area contributed by atoms with Gasteiger partial charge in [0.25, 0.3) is 0 Å². The Morgan fingerprint density at radius 3 is 2.53 bits per heavy atom. The normalized spacial score (nSPS) is 10.7. The average molecular weight is 467 g/mol. The van der Waals surface area contributed by atoms with Gasteiger partial charge in [-0.25, -0.2) is 9.97 Å². The summed E-state index contributed by atoms with van der Waals surface area (Å²) in [5, 5.41) is 5.95. The van der Waals surface area contributed by atoms with Gasteiger partial charge in [0, 0.05) is 22.7 Å². The average Bonchev–Trinajstić information content (AvgIpc) is 3.48. The van der Waals surface area contributed by atoms with Crippen LogP contribution in [0.1, 0.15) is 5.56 Å². The van der Waals surface area contributed by atoms with Crippen LogP contribution in [0.2, 0.25) is 0 Å². The first-order valence-electron chi connectivity index (χ1n) is 9.79. The minimum atomic E-state index is -0.129. The molecule has 0 aliphatic carbocycles. The van der Waals surface area contributed by atoms with Crippen LogP contribution in [0.3, 0.4) is 0 Å². The molecule has 0 aliphatic rings. The molecular formula is C23H22N4O3S2. The van der Waals surface area contributed by atoms with Crippen LogP contribution in [0, 0.1) is 6.92 Å². The van der Waals surface area contributed by atoms with Crippen molar-refractivity contribution in [3.8, 4) is 34.1 Å². The number of imidazole rings is 1. The molecule has 0 saturated heterocycles. The van der Waals surface area contributed by atoms with E-state index >= 15 is 0 Å². The maximum absolute atomic E-state index is 12.4. The molecule has 0 bridgehead atoms. The molecule has 2 heterocycles. The van der Waals surface area contributed by atoms with E-state index in [4.69, 9.17) is 14.5 Å². The number of aromatic amines is 1. The molecule has 164 valence electrons. The van der Waals surface area contributed by atoms with Gasteiger partial charge in [0.05, 0.1) is 25.7 Å². The summed E-state index contributed by atoms with van der Waals surface area (Å²) in [4.78, 5) is 24.7. The van der Waals surface area contributed by atoms with Gasteiger partial charge < -0.3 is 19.8 Å². The van der Waals surface area contributed by atoms with Gasteiger partial charge in [-0.1, -0.05) is 41.6 Å². The van der Waals surface area contributed by atoms with E-state index < -0.39 is 0 Å². The topological polar surface area (TPSA) is 89.1 Å². The molecular weight excluding hydrogens is 444 g/mol. The summed E-state index contributed by atoms with van der Waals surface area (Å²) < 4.78 is 10.8. The number of aromatic nitrogens is 3. The quantitative estimate of drug-likeness (QED) is 0.345. The van der Waals surface area contributed by atoms with Gasteiger partial charge in [-0.2, -0.15) is 0 Å². The summed E-state index contributed by atoms with van der Waals surface area (Å²) in [5.74, 6) is 2.04. The number of methoxy groups -OCH3 is 2. The van der Waals surface area contributed by atoms with Gasteiger partial charge in [0.15, 0.2) is 16.6 Å². The Morgan fingerprint density at radius 2 is 1.84 bits per heavy atom. The first kappa shape index (κ1) is 21.9. The van der Waals surface area contributed by atoms with Crippen molar-refractivity contribution in [2.45, 2.75) is 11.9 Å². The number of aryl methyl sites for hydroxylation is 1. The Labute approximate surface area is 194 Å². The number of thioether (sulfide) groups is 1. The Kier molecular flexibility index (Phi) is 6.77. The van der Waals surface area contributed by atoms with Crippen LogP contribution in [-0.4, -0.2) is 40.8 Å². The third-order valence-electron chi connectivity index (χ3n) is 4.69. The summed E-state index contributed by atoms with van der Waals surface area (Å²) in [7, 11) is 3.20. The molecule has 2 N–H and O–H groups in total. The minimum absolute atomic E-state index is 0.129. The number of thiazole rings is 1. The van der Waals surface area contributed by atoms with Crippen molar-refractivity contribution in [2.24, 2.45) is 0 Å². The van der Waals surface area contributed by atoms with Crippen LogP contribution in [0.25, 0.3) is 22.6 Å². The molecule has 4 rings (SSSR count). The lowest BCUT2D eigenvalue weighted by Gasteiger charge is -2.08. The maximum atomic E-state index is 12.4. The number of hydrogen-bond acceptors (Lipinski definition) is 7. The summed E-state index contributed by atoms with van der Waals surface area (Å²) in [6.45, 7) is 2.05. The van der Waals surface area contributed by atoms with Crippen molar-refractivity contribution in [3.05, 3.63) is 59.6 Å². The predicted octanol–water partition coefficient (Wildman–Crippen LogP) is 5.26. The van der Waals surface area contributed by atoms with E-state index in [1.54, 1.807) is 20.4 Å². The van der Waals surface area contributed by atoms with Crippen LogP contribution in [0.15, 0.2) is 59.1 Å². The molecule has 0 spiro atoms. The van der Waals surface area contributed by atoms with Gasteiger partial charge in [-0.3, -0.25) is 4.79 Å². The number of nitrogens with one attached hydrogen (secondary N) is 2. The van der Waals surface area contributed by atoms with Crippen molar-refractivity contribution >= 4 is 34.1 Å². The highest BCUT2D eigenvalue weighted by Crippen LogP contribution is 2.36. The Balaban J connectivity index is 1.64. The summed E-state index contributed by atoms with van der Waals surface area (Å²) in [5.41, 5.74) is 3.89. The Bertz CT molecular complexity index is 1200. The zero-order valence-corrected chi connectivity index (χ0v) is 19.5. The minimum Gasteiger partial charge on any atom is -0.493 e. The Morgan fingerprint density at radius 1 is 1.09 bits per heavy atom. The van der Waals surface area contributed by atoms with E-state index in [1.807, 2.05) is 42.6 Å². The second kappa shape index (κ2) is 9.88. The van der Waals surface area contributed by atoms with Crippen LogP contribution in [-0.2, 0) is 4.79 Å². The molecule has 0 atom stereocenters. The lowest BCUT2D eigenvalue weighted by Crippen LogP contribution is -2.13.